The summed E-state index contributed by atoms with van der Waals surface area (Å²) in [6, 6.07) is 10.7. The highest BCUT2D eigenvalue weighted by molar-refractivity contribution is 5.89. The zero-order chi connectivity index (χ0) is 22.0. The second kappa shape index (κ2) is 8.65. The van der Waals surface area contributed by atoms with Crippen molar-refractivity contribution in [3.63, 3.8) is 0 Å². The Morgan fingerprint density at radius 2 is 1.87 bits per heavy atom. The van der Waals surface area contributed by atoms with E-state index in [4.69, 9.17) is 9.47 Å². The van der Waals surface area contributed by atoms with Gasteiger partial charge in [-0.1, -0.05) is 12.1 Å². The summed E-state index contributed by atoms with van der Waals surface area (Å²) in [6.45, 7) is 1.13. The summed E-state index contributed by atoms with van der Waals surface area (Å²) in [5, 5.41) is 3.35. The van der Waals surface area contributed by atoms with Gasteiger partial charge in [0, 0.05) is 30.1 Å². The number of nitrogens with zero attached hydrogens (tertiary/aromatic N) is 2. The highest BCUT2D eigenvalue weighted by Crippen LogP contribution is 2.35. The monoisotopic (exact) mass is 426 g/mol. The minimum atomic E-state index is -0.525. The molecule has 0 unspecified atom stereocenters. The molecular weight excluding hydrogens is 403 g/mol. The number of carbonyl (C=O) groups is 1. The maximum atomic E-state index is 14.0. The molecule has 0 bridgehead atoms. The van der Waals surface area contributed by atoms with Gasteiger partial charge in [0.2, 0.25) is 6.79 Å². The summed E-state index contributed by atoms with van der Waals surface area (Å²) in [5.41, 5.74) is 0.810. The second-order valence-electron chi connectivity index (χ2n) is 7.55. The number of amides is 2. The zero-order valence-electron chi connectivity index (χ0n) is 17.3. The highest BCUT2D eigenvalue weighted by atomic mass is 19.1. The van der Waals surface area contributed by atoms with E-state index in [1.165, 1.54) is 17.0 Å². The molecular formula is C22H23FN4O4. The third kappa shape index (κ3) is 4.61. The van der Waals surface area contributed by atoms with Crippen molar-refractivity contribution >= 4 is 22.6 Å². The van der Waals surface area contributed by atoms with Gasteiger partial charge in [-0.05, 0) is 38.4 Å². The molecule has 0 spiro atoms. The molecule has 0 atom stereocenters. The Hall–Kier alpha value is -3.59. The number of para-hydroxylation sites is 1. The first-order chi connectivity index (χ1) is 14.9. The van der Waals surface area contributed by atoms with Crippen LogP contribution < -0.4 is 20.3 Å². The summed E-state index contributed by atoms with van der Waals surface area (Å²) >= 11 is 0. The average molecular weight is 426 g/mol. The van der Waals surface area contributed by atoms with E-state index < -0.39 is 11.8 Å². The number of urea groups is 1. The van der Waals surface area contributed by atoms with Crippen LogP contribution in [0.15, 0.2) is 47.3 Å². The number of likely N-dealkylation sites (N-methyl/N-ethyl adjacent to an activating group) is 1. The lowest BCUT2D eigenvalue weighted by atomic mass is 10.1. The number of ether oxygens (including phenoxy) is 2. The van der Waals surface area contributed by atoms with E-state index in [0.717, 1.165) is 5.39 Å². The Bertz CT molecular complexity index is 1180. The van der Waals surface area contributed by atoms with Crippen molar-refractivity contribution in [2.75, 3.05) is 39.3 Å². The Kier molecular flexibility index (Phi) is 5.77. The summed E-state index contributed by atoms with van der Waals surface area (Å²) in [6.07, 6.45) is 0. The van der Waals surface area contributed by atoms with E-state index in [9.17, 15) is 14.0 Å². The second-order valence-corrected chi connectivity index (χ2v) is 7.55. The van der Waals surface area contributed by atoms with Crippen molar-refractivity contribution in [2.24, 2.45) is 0 Å². The third-order valence-corrected chi connectivity index (χ3v) is 5.00. The number of carbonyl (C=O) groups excluding carboxylic acids is 1. The molecule has 8 nitrogen and oxygen atoms in total. The molecule has 4 rings (SSSR count). The van der Waals surface area contributed by atoms with Crippen LogP contribution in [0.1, 0.15) is 5.56 Å². The normalized spacial score (nSPS) is 12.4. The number of aromatic nitrogens is 1. The smallest absolute Gasteiger partial charge is 0.322 e. The van der Waals surface area contributed by atoms with Gasteiger partial charge in [-0.3, -0.25) is 4.79 Å². The molecule has 9 heteroatoms. The zero-order valence-corrected chi connectivity index (χ0v) is 17.3. The summed E-state index contributed by atoms with van der Waals surface area (Å²) in [7, 11) is 3.77. The minimum Gasteiger partial charge on any atom is -0.454 e. The number of pyridine rings is 1. The fraction of sp³-hybridized carbons (Fsp3) is 0.273. The molecule has 2 N–H and O–H groups in total. The molecule has 0 saturated heterocycles. The van der Waals surface area contributed by atoms with Crippen LogP contribution in [-0.4, -0.2) is 54.8 Å². The minimum absolute atomic E-state index is 0.0633. The fourth-order valence-corrected chi connectivity index (χ4v) is 3.29. The van der Waals surface area contributed by atoms with Gasteiger partial charge in [-0.25, -0.2) is 9.18 Å². The van der Waals surface area contributed by atoms with E-state index in [1.54, 1.807) is 30.3 Å². The van der Waals surface area contributed by atoms with E-state index in [2.05, 4.69) is 10.3 Å². The molecule has 0 fully saturated rings. The molecule has 1 aliphatic rings. The van der Waals surface area contributed by atoms with Crippen LogP contribution in [0.3, 0.4) is 0 Å². The lowest BCUT2D eigenvalue weighted by molar-refractivity contribution is 0.174. The van der Waals surface area contributed by atoms with Crippen LogP contribution in [0.25, 0.3) is 10.9 Å². The first kappa shape index (κ1) is 20.7. The number of aromatic amines is 1. The van der Waals surface area contributed by atoms with Crippen LogP contribution in [0, 0.1) is 5.82 Å². The number of halogens is 1. The molecule has 1 aromatic heterocycles. The first-order valence-electron chi connectivity index (χ1n) is 9.81. The summed E-state index contributed by atoms with van der Waals surface area (Å²) < 4.78 is 24.7. The topological polar surface area (TPSA) is 86.9 Å². The van der Waals surface area contributed by atoms with Gasteiger partial charge in [-0.2, -0.15) is 0 Å². The molecule has 31 heavy (non-hydrogen) atoms. The van der Waals surface area contributed by atoms with E-state index in [1.807, 2.05) is 19.0 Å². The molecule has 3 aromatic rings. The van der Waals surface area contributed by atoms with Crippen LogP contribution in [0.2, 0.25) is 0 Å². The summed E-state index contributed by atoms with van der Waals surface area (Å²) in [4.78, 5) is 31.8. The van der Waals surface area contributed by atoms with Crippen LogP contribution in [-0.2, 0) is 6.54 Å². The number of rotatable bonds is 6. The maximum absolute atomic E-state index is 14.0. The van der Waals surface area contributed by atoms with Crippen molar-refractivity contribution in [2.45, 2.75) is 6.54 Å². The molecule has 162 valence electrons. The lowest BCUT2D eigenvalue weighted by Crippen LogP contribution is -2.40. The molecule has 0 radical (unpaired) electrons. The summed E-state index contributed by atoms with van der Waals surface area (Å²) in [5.74, 6) is 0.656. The van der Waals surface area contributed by atoms with Crippen LogP contribution in [0.5, 0.6) is 11.5 Å². The predicted octanol–water partition coefficient (Wildman–Crippen LogP) is 2.99. The van der Waals surface area contributed by atoms with Crippen molar-refractivity contribution in [3.8, 4) is 11.5 Å². The maximum Gasteiger partial charge on any atom is 0.322 e. The molecule has 2 aromatic carbocycles. The Morgan fingerprint density at radius 3 is 2.61 bits per heavy atom. The molecule has 2 heterocycles. The number of nitrogens with one attached hydrogen (secondary N) is 2. The fourth-order valence-electron chi connectivity index (χ4n) is 3.29. The number of H-pyrrole nitrogens is 1. The highest BCUT2D eigenvalue weighted by Gasteiger charge is 2.19. The SMILES string of the molecule is CN(C)CCN(Cc1cc2cc3c(cc2[nH]c1=O)OCO3)C(=O)Nc1ccccc1F. The molecule has 1 aliphatic heterocycles. The number of anilines is 1. The number of hydrogen-bond acceptors (Lipinski definition) is 5. The van der Waals surface area contributed by atoms with Gasteiger partial charge < -0.3 is 29.6 Å². The van der Waals surface area contributed by atoms with Gasteiger partial charge >= 0.3 is 6.03 Å². The van der Waals surface area contributed by atoms with E-state index in [-0.39, 0.29) is 24.6 Å². The number of fused-ring (bicyclic) bond motifs is 2. The van der Waals surface area contributed by atoms with Crippen molar-refractivity contribution in [1.29, 1.82) is 0 Å². The standard InChI is InChI=1S/C22H23FN4O4/c1-26(2)7-8-27(22(29)25-17-6-4-3-5-16(17)23)12-15-9-14-10-19-20(31-13-30-19)11-18(14)24-21(15)28/h3-6,9-11H,7-8,12-13H2,1-2H3,(H,24,28)(H,25,29). The quantitative estimate of drug-likeness (QED) is 0.633. The van der Waals surface area contributed by atoms with E-state index >= 15 is 0 Å². The molecule has 0 saturated carbocycles. The Balaban J connectivity index is 1.61. The molecule has 0 aliphatic carbocycles. The Labute approximate surface area is 178 Å². The van der Waals surface area contributed by atoms with Crippen molar-refractivity contribution in [1.82, 2.24) is 14.8 Å². The third-order valence-electron chi connectivity index (χ3n) is 5.00. The van der Waals surface area contributed by atoms with Gasteiger partial charge in [-0.15, -0.1) is 0 Å². The van der Waals surface area contributed by atoms with Crippen molar-refractivity contribution in [3.05, 3.63) is 64.2 Å². The van der Waals surface area contributed by atoms with Gasteiger partial charge in [0.25, 0.3) is 5.56 Å². The Morgan fingerprint density at radius 1 is 1.13 bits per heavy atom. The lowest BCUT2D eigenvalue weighted by Gasteiger charge is -2.25. The largest absolute Gasteiger partial charge is 0.454 e. The van der Waals surface area contributed by atoms with E-state index in [0.29, 0.717) is 35.7 Å². The predicted molar refractivity (Wildman–Crippen MR) is 115 cm³/mol. The first-order valence-corrected chi connectivity index (χ1v) is 9.81. The van der Waals surface area contributed by atoms with Gasteiger partial charge in [0.1, 0.15) is 5.82 Å². The van der Waals surface area contributed by atoms with Crippen molar-refractivity contribution < 1.29 is 18.7 Å². The number of benzene rings is 2. The van der Waals surface area contributed by atoms with Crippen LogP contribution >= 0.6 is 0 Å². The van der Waals surface area contributed by atoms with Crippen LogP contribution in [0.4, 0.5) is 14.9 Å². The number of hydrogen-bond donors (Lipinski definition) is 2. The average Bonchev–Trinajstić information content (AvgIpc) is 3.18. The molecule has 2 amide bonds. The van der Waals surface area contributed by atoms with Gasteiger partial charge in [0.05, 0.1) is 17.7 Å². The van der Waals surface area contributed by atoms with Gasteiger partial charge in [0.15, 0.2) is 11.5 Å².